The molecule has 30 heavy (non-hydrogen) atoms. The van der Waals surface area contributed by atoms with E-state index >= 15 is 0 Å². The largest absolute Gasteiger partial charge is 0.507 e. The lowest BCUT2D eigenvalue weighted by atomic mass is 10.1. The van der Waals surface area contributed by atoms with E-state index in [1.807, 2.05) is 44.2 Å². The van der Waals surface area contributed by atoms with E-state index in [2.05, 4.69) is 15.0 Å². The van der Waals surface area contributed by atoms with Gasteiger partial charge in [0, 0.05) is 11.6 Å². The quantitative estimate of drug-likeness (QED) is 0.555. The molecule has 0 aliphatic heterocycles. The van der Waals surface area contributed by atoms with E-state index in [-0.39, 0.29) is 25.1 Å². The molecule has 7 nitrogen and oxygen atoms in total. The second-order valence-corrected chi connectivity index (χ2v) is 7.09. The van der Waals surface area contributed by atoms with Crippen molar-refractivity contribution in [3.05, 3.63) is 54.4 Å². The van der Waals surface area contributed by atoms with E-state index in [1.165, 1.54) is 6.07 Å². The first-order valence-corrected chi connectivity index (χ1v) is 10.00. The summed E-state index contributed by atoms with van der Waals surface area (Å²) in [6.07, 6.45) is 0.221. The van der Waals surface area contributed by atoms with Crippen LogP contribution in [-0.2, 0) is 4.74 Å². The molecule has 0 amide bonds. The second-order valence-electron chi connectivity index (χ2n) is 7.09. The van der Waals surface area contributed by atoms with Gasteiger partial charge in [-0.3, -0.25) is 0 Å². The van der Waals surface area contributed by atoms with Gasteiger partial charge < -0.3 is 19.7 Å². The van der Waals surface area contributed by atoms with Crippen molar-refractivity contribution in [2.75, 3.05) is 13.2 Å². The Kier molecular flexibility index (Phi) is 7.32. The molecule has 0 radical (unpaired) electrons. The molecular weight excluding hydrogens is 382 g/mol. The third-order valence-electron chi connectivity index (χ3n) is 4.58. The summed E-state index contributed by atoms with van der Waals surface area (Å²) < 4.78 is 11.1. The average Bonchev–Trinajstić information content (AvgIpc) is 2.76. The molecule has 3 aromatic rings. The molecule has 0 aliphatic rings. The van der Waals surface area contributed by atoms with Crippen LogP contribution in [0.2, 0.25) is 0 Å². The van der Waals surface area contributed by atoms with Crippen LogP contribution in [0.15, 0.2) is 48.5 Å². The molecule has 0 saturated heterocycles. The van der Waals surface area contributed by atoms with Gasteiger partial charge in [0.15, 0.2) is 11.6 Å². The molecular formula is C23H27N3O4. The molecule has 1 heterocycles. The molecule has 0 aliphatic carbocycles. The van der Waals surface area contributed by atoms with Gasteiger partial charge in [-0.15, -0.1) is 0 Å². The number of nitrogens with zero attached hydrogens (tertiary/aromatic N) is 3. The fourth-order valence-electron chi connectivity index (χ4n) is 2.74. The summed E-state index contributed by atoms with van der Waals surface area (Å²) in [5.41, 5.74) is 1.35. The third kappa shape index (κ3) is 5.75. The fourth-order valence-corrected chi connectivity index (χ4v) is 2.74. The zero-order chi connectivity index (χ0) is 21.5. The Balaban J connectivity index is 1.72. The summed E-state index contributed by atoms with van der Waals surface area (Å²) in [5.74, 6) is 1.91. The number of aromatic hydroxyl groups is 1. The van der Waals surface area contributed by atoms with Crippen LogP contribution in [0.1, 0.15) is 26.1 Å². The number of hydrogen-bond acceptors (Lipinski definition) is 7. The first kappa shape index (κ1) is 21.7. The highest BCUT2D eigenvalue weighted by Crippen LogP contribution is 2.31. The lowest BCUT2D eigenvalue weighted by molar-refractivity contribution is -0.0192. The topological polar surface area (TPSA) is 97.6 Å². The van der Waals surface area contributed by atoms with E-state index in [0.29, 0.717) is 28.8 Å². The van der Waals surface area contributed by atoms with Gasteiger partial charge in [-0.25, -0.2) is 15.0 Å². The Morgan fingerprint density at radius 3 is 2.40 bits per heavy atom. The van der Waals surface area contributed by atoms with Gasteiger partial charge in [-0.2, -0.15) is 0 Å². The number of hydrogen-bond donors (Lipinski definition) is 2. The van der Waals surface area contributed by atoms with Crippen LogP contribution < -0.4 is 4.74 Å². The Labute approximate surface area is 176 Å². The Morgan fingerprint density at radius 1 is 0.967 bits per heavy atom. The molecule has 0 spiro atoms. The van der Waals surface area contributed by atoms with Crippen molar-refractivity contribution in [2.24, 2.45) is 0 Å². The second kappa shape index (κ2) is 10.1. The molecule has 0 saturated carbocycles. The smallest absolute Gasteiger partial charge is 0.167 e. The normalized spacial score (nSPS) is 13.1. The standard InChI is InChI=1S/C23H27N3O4/c1-4-15(2)29-13-18(27)14-30-19-10-11-20(21(28)12-19)23-25-16(3)24-22(26-23)17-8-6-5-7-9-17/h5-12,15,18,27-28H,4,13-14H2,1-3H3. The SMILES string of the molecule is CCC(C)OCC(O)COc1ccc(-c2nc(C)nc(-c3ccccc3)n2)c(O)c1. The number of benzene rings is 2. The highest BCUT2D eigenvalue weighted by atomic mass is 16.5. The predicted molar refractivity (Wildman–Crippen MR) is 114 cm³/mol. The molecule has 2 atom stereocenters. The first-order valence-electron chi connectivity index (χ1n) is 10.00. The number of aliphatic hydroxyl groups is 1. The highest BCUT2D eigenvalue weighted by molar-refractivity contribution is 5.67. The van der Waals surface area contributed by atoms with Gasteiger partial charge >= 0.3 is 0 Å². The number of ether oxygens (including phenoxy) is 2. The number of phenolic OH excluding ortho intramolecular Hbond substituents is 1. The lowest BCUT2D eigenvalue weighted by Crippen LogP contribution is -2.25. The minimum atomic E-state index is -0.750. The van der Waals surface area contributed by atoms with Crippen LogP contribution in [0.4, 0.5) is 0 Å². The zero-order valence-corrected chi connectivity index (χ0v) is 17.4. The van der Waals surface area contributed by atoms with Gasteiger partial charge in [0.1, 0.15) is 30.0 Å². The predicted octanol–water partition coefficient (Wildman–Crippen LogP) is 3.77. The summed E-state index contributed by atoms with van der Waals surface area (Å²) in [7, 11) is 0. The van der Waals surface area contributed by atoms with Gasteiger partial charge in [0.2, 0.25) is 0 Å². The van der Waals surface area contributed by atoms with Gasteiger partial charge in [0.05, 0.1) is 18.3 Å². The van der Waals surface area contributed by atoms with Crippen LogP contribution in [0.25, 0.3) is 22.8 Å². The number of aliphatic hydroxyl groups excluding tert-OH is 1. The van der Waals surface area contributed by atoms with Crippen molar-refractivity contribution >= 4 is 0 Å². The number of aromatic nitrogens is 3. The van der Waals surface area contributed by atoms with E-state index in [4.69, 9.17) is 9.47 Å². The molecule has 0 fully saturated rings. The van der Waals surface area contributed by atoms with Gasteiger partial charge in [-0.05, 0) is 32.4 Å². The van der Waals surface area contributed by atoms with Crippen molar-refractivity contribution in [3.63, 3.8) is 0 Å². The van der Waals surface area contributed by atoms with Crippen LogP contribution in [0.5, 0.6) is 11.5 Å². The molecule has 0 bridgehead atoms. The van der Waals surface area contributed by atoms with Gasteiger partial charge in [0.25, 0.3) is 0 Å². The Bertz CT molecular complexity index is 966. The summed E-state index contributed by atoms with van der Waals surface area (Å²) in [6.45, 7) is 6.03. The van der Waals surface area contributed by atoms with E-state index in [1.54, 1.807) is 19.1 Å². The van der Waals surface area contributed by atoms with Crippen molar-refractivity contribution < 1.29 is 19.7 Å². The Hall–Kier alpha value is -3.03. The van der Waals surface area contributed by atoms with E-state index in [9.17, 15) is 10.2 Å². The summed E-state index contributed by atoms with van der Waals surface area (Å²) in [4.78, 5) is 13.3. The summed E-state index contributed by atoms with van der Waals surface area (Å²) in [6, 6.07) is 14.5. The van der Waals surface area contributed by atoms with Crippen LogP contribution in [0.3, 0.4) is 0 Å². The minimum Gasteiger partial charge on any atom is -0.507 e. The number of phenols is 1. The van der Waals surface area contributed by atoms with Crippen molar-refractivity contribution in [3.8, 4) is 34.3 Å². The first-order chi connectivity index (χ1) is 14.5. The molecule has 1 aromatic heterocycles. The zero-order valence-electron chi connectivity index (χ0n) is 17.4. The van der Waals surface area contributed by atoms with Crippen LogP contribution in [0, 0.1) is 6.92 Å². The Morgan fingerprint density at radius 2 is 1.70 bits per heavy atom. The summed E-state index contributed by atoms with van der Waals surface area (Å²) in [5, 5.41) is 20.5. The van der Waals surface area contributed by atoms with Crippen molar-refractivity contribution in [1.82, 2.24) is 15.0 Å². The monoisotopic (exact) mass is 409 g/mol. The summed E-state index contributed by atoms with van der Waals surface area (Å²) >= 11 is 0. The van der Waals surface area contributed by atoms with E-state index < -0.39 is 6.10 Å². The molecule has 3 rings (SSSR count). The maximum atomic E-state index is 10.5. The van der Waals surface area contributed by atoms with Crippen LogP contribution in [-0.4, -0.2) is 50.6 Å². The highest BCUT2D eigenvalue weighted by Gasteiger charge is 2.14. The molecule has 7 heteroatoms. The lowest BCUT2D eigenvalue weighted by Gasteiger charge is -2.16. The number of rotatable bonds is 9. The number of aryl methyl sites for hydroxylation is 1. The van der Waals surface area contributed by atoms with Crippen LogP contribution >= 0.6 is 0 Å². The third-order valence-corrected chi connectivity index (χ3v) is 4.58. The van der Waals surface area contributed by atoms with Crippen molar-refractivity contribution in [1.29, 1.82) is 0 Å². The van der Waals surface area contributed by atoms with E-state index in [0.717, 1.165) is 12.0 Å². The fraction of sp³-hybridized carbons (Fsp3) is 0.348. The molecule has 2 N–H and O–H groups in total. The molecule has 2 aromatic carbocycles. The van der Waals surface area contributed by atoms with Gasteiger partial charge in [-0.1, -0.05) is 37.3 Å². The average molecular weight is 409 g/mol. The maximum absolute atomic E-state index is 10.5. The minimum absolute atomic E-state index is 0.0116. The molecule has 2 unspecified atom stereocenters. The van der Waals surface area contributed by atoms with Crippen molar-refractivity contribution in [2.45, 2.75) is 39.4 Å². The maximum Gasteiger partial charge on any atom is 0.167 e. The molecule has 158 valence electrons.